The Morgan fingerprint density at radius 1 is 1.28 bits per heavy atom. The molecule has 132 valence electrons. The van der Waals surface area contributed by atoms with Gasteiger partial charge in [-0.3, -0.25) is 15.0 Å². The smallest absolute Gasteiger partial charge is 0.303 e. The highest BCUT2D eigenvalue weighted by atomic mass is 16.4. The molecule has 5 N–H and O–H groups in total. The van der Waals surface area contributed by atoms with Gasteiger partial charge in [0.05, 0.1) is 6.26 Å². The molecule has 1 aliphatic rings. The van der Waals surface area contributed by atoms with Crippen LogP contribution in [0.15, 0.2) is 28.9 Å². The van der Waals surface area contributed by atoms with Crippen LogP contribution in [0.2, 0.25) is 0 Å². The number of carboxylic acids is 1. The maximum atomic E-state index is 12.5. The number of fused-ring (bicyclic) bond motifs is 1. The first-order valence-electron chi connectivity index (χ1n) is 8.32. The lowest BCUT2D eigenvalue weighted by molar-refractivity contribution is -0.138. The predicted octanol–water partition coefficient (Wildman–Crippen LogP) is 2.48. The van der Waals surface area contributed by atoms with Crippen LogP contribution >= 0.6 is 0 Å². The van der Waals surface area contributed by atoms with Crippen LogP contribution in [-0.2, 0) is 4.79 Å². The number of hydrogen-bond acceptors (Lipinski definition) is 4. The van der Waals surface area contributed by atoms with Crippen LogP contribution in [0.3, 0.4) is 0 Å². The molecule has 1 aliphatic carbocycles. The molecule has 0 spiro atoms. The lowest BCUT2D eigenvalue weighted by atomic mass is 9.84. The quantitative estimate of drug-likeness (QED) is 0.489. The monoisotopic (exact) mass is 343 g/mol. The predicted molar refractivity (Wildman–Crippen MR) is 92.7 cm³/mol. The van der Waals surface area contributed by atoms with Crippen LogP contribution in [0.25, 0.3) is 10.8 Å². The van der Waals surface area contributed by atoms with Crippen molar-refractivity contribution in [1.82, 2.24) is 5.32 Å². The van der Waals surface area contributed by atoms with Crippen LogP contribution in [0.4, 0.5) is 0 Å². The van der Waals surface area contributed by atoms with Gasteiger partial charge in [0.25, 0.3) is 5.91 Å². The maximum absolute atomic E-state index is 12.5. The molecule has 1 heterocycles. The van der Waals surface area contributed by atoms with Crippen LogP contribution in [0, 0.1) is 11.3 Å². The second-order valence-corrected chi connectivity index (χ2v) is 6.57. The number of benzene rings is 1. The molecule has 0 unspecified atom stereocenters. The number of nitrogens with two attached hydrogens (primary N) is 1. The number of carbonyl (C=O) groups is 2. The van der Waals surface area contributed by atoms with Gasteiger partial charge in [-0.25, -0.2) is 0 Å². The van der Waals surface area contributed by atoms with E-state index in [9.17, 15) is 9.59 Å². The molecule has 1 amide bonds. The average molecular weight is 343 g/mol. The Kier molecular flexibility index (Phi) is 4.74. The zero-order valence-corrected chi connectivity index (χ0v) is 13.7. The fourth-order valence-corrected chi connectivity index (χ4v) is 3.41. The van der Waals surface area contributed by atoms with E-state index in [1.807, 2.05) is 0 Å². The van der Waals surface area contributed by atoms with E-state index in [1.54, 1.807) is 18.2 Å². The van der Waals surface area contributed by atoms with E-state index in [1.165, 1.54) is 6.26 Å². The summed E-state index contributed by atoms with van der Waals surface area (Å²) < 4.78 is 5.43. The number of carboxylic acid groups (broad SMARTS) is 1. The van der Waals surface area contributed by atoms with Gasteiger partial charge in [0.1, 0.15) is 5.84 Å². The number of furan rings is 1. The van der Waals surface area contributed by atoms with Gasteiger partial charge in [-0.1, -0.05) is 6.07 Å². The van der Waals surface area contributed by atoms with Crippen molar-refractivity contribution in [3.8, 4) is 0 Å². The fourth-order valence-electron chi connectivity index (χ4n) is 3.41. The van der Waals surface area contributed by atoms with E-state index in [0.717, 1.165) is 31.1 Å². The molecule has 7 nitrogen and oxygen atoms in total. The molecule has 1 fully saturated rings. The molecule has 0 atom stereocenters. The number of carbonyl (C=O) groups excluding carboxylic acids is 1. The summed E-state index contributed by atoms with van der Waals surface area (Å²) in [4.78, 5) is 23.3. The molecule has 1 aromatic carbocycles. The summed E-state index contributed by atoms with van der Waals surface area (Å²) in [6.45, 7) is 0. The second-order valence-electron chi connectivity index (χ2n) is 6.57. The van der Waals surface area contributed by atoms with E-state index in [0.29, 0.717) is 10.9 Å². The van der Waals surface area contributed by atoms with Gasteiger partial charge in [-0.2, -0.15) is 0 Å². The second kappa shape index (κ2) is 6.96. The van der Waals surface area contributed by atoms with Crippen LogP contribution in [0.5, 0.6) is 0 Å². The highest BCUT2D eigenvalue weighted by Gasteiger charge is 2.25. The normalized spacial score (nSPS) is 20.3. The van der Waals surface area contributed by atoms with E-state index in [-0.39, 0.29) is 35.9 Å². The molecule has 3 rings (SSSR count). The Bertz CT molecular complexity index is 819. The Morgan fingerprint density at radius 3 is 2.64 bits per heavy atom. The van der Waals surface area contributed by atoms with Crippen LogP contribution < -0.4 is 11.1 Å². The number of hydrogen-bond donors (Lipinski definition) is 4. The van der Waals surface area contributed by atoms with E-state index in [2.05, 4.69) is 5.32 Å². The lowest BCUT2D eigenvalue weighted by Gasteiger charge is -2.28. The topological polar surface area (TPSA) is 129 Å². The van der Waals surface area contributed by atoms with Gasteiger partial charge in [-0.05, 0) is 43.7 Å². The molecule has 0 radical (unpaired) electrons. The molecule has 1 aromatic heterocycles. The van der Waals surface area contributed by atoms with E-state index >= 15 is 0 Å². The largest absolute Gasteiger partial charge is 0.481 e. The molecule has 0 aliphatic heterocycles. The SMILES string of the molecule is N=C(N)c1ccc2c(C(=O)NC3CCC(CC(=O)O)CC3)occ2c1. The molecular formula is C18H21N3O4. The van der Waals surface area contributed by atoms with E-state index < -0.39 is 5.97 Å². The molecule has 0 bridgehead atoms. The zero-order chi connectivity index (χ0) is 18.0. The van der Waals surface area contributed by atoms with Crippen molar-refractivity contribution in [3.63, 3.8) is 0 Å². The fraction of sp³-hybridized carbons (Fsp3) is 0.389. The molecule has 1 saturated carbocycles. The van der Waals surface area contributed by atoms with Crippen molar-refractivity contribution in [2.24, 2.45) is 11.7 Å². The maximum Gasteiger partial charge on any atom is 0.303 e. The molecule has 25 heavy (non-hydrogen) atoms. The number of rotatable bonds is 5. The lowest BCUT2D eigenvalue weighted by Crippen LogP contribution is -2.37. The Balaban J connectivity index is 1.65. The summed E-state index contributed by atoms with van der Waals surface area (Å²) in [5.74, 6) is -0.628. The van der Waals surface area contributed by atoms with Crippen molar-refractivity contribution >= 4 is 28.5 Å². The van der Waals surface area contributed by atoms with Gasteiger partial charge >= 0.3 is 5.97 Å². The van der Waals surface area contributed by atoms with Gasteiger partial charge in [0.2, 0.25) is 0 Å². The summed E-state index contributed by atoms with van der Waals surface area (Å²) in [5, 5.41) is 20.7. The number of amides is 1. The van der Waals surface area contributed by atoms with Crippen LogP contribution in [-0.4, -0.2) is 28.9 Å². The van der Waals surface area contributed by atoms with Crippen molar-refractivity contribution in [2.45, 2.75) is 38.1 Å². The standard InChI is InChI=1S/C18H21N3O4/c19-17(20)11-3-6-14-12(8-11)9-25-16(14)18(24)21-13-4-1-10(2-5-13)7-15(22)23/h3,6,8-10,13H,1-2,4-5,7H2,(H3,19,20)(H,21,24)(H,22,23). The van der Waals surface area contributed by atoms with Crippen molar-refractivity contribution < 1.29 is 19.1 Å². The number of nitrogen functional groups attached to an aromatic ring is 1. The van der Waals surface area contributed by atoms with Gasteiger partial charge in [-0.15, -0.1) is 0 Å². The number of aliphatic carboxylic acids is 1. The third kappa shape index (κ3) is 3.81. The molecule has 2 aromatic rings. The summed E-state index contributed by atoms with van der Waals surface area (Å²) in [6.07, 6.45) is 4.84. The first kappa shape index (κ1) is 17.0. The van der Waals surface area contributed by atoms with Gasteiger partial charge in [0, 0.05) is 28.8 Å². The number of nitrogens with one attached hydrogen (secondary N) is 2. The summed E-state index contributed by atoms with van der Waals surface area (Å²) in [7, 11) is 0. The Hall–Kier alpha value is -2.83. The molecule has 0 saturated heterocycles. The third-order valence-electron chi connectivity index (χ3n) is 4.76. The van der Waals surface area contributed by atoms with Gasteiger partial charge in [0.15, 0.2) is 5.76 Å². The third-order valence-corrected chi connectivity index (χ3v) is 4.76. The van der Waals surface area contributed by atoms with Crippen molar-refractivity contribution in [2.75, 3.05) is 0 Å². The molecular weight excluding hydrogens is 322 g/mol. The van der Waals surface area contributed by atoms with E-state index in [4.69, 9.17) is 20.7 Å². The van der Waals surface area contributed by atoms with Crippen molar-refractivity contribution in [1.29, 1.82) is 5.41 Å². The highest BCUT2D eigenvalue weighted by molar-refractivity contribution is 6.07. The summed E-state index contributed by atoms with van der Waals surface area (Å²) >= 11 is 0. The van der Waals surface area contributed by atoms with Crippen molar-refractivity contribution in [3.05, 3.63) is 35.8 Å². The minimum atomic E-state index is -0.764. The van der Waals surface area contributed by atoms with Crippen LogP contribution in [0.1, 0.15) is 48.2 Å². The first-order valence-corrected chi connectivity index (χ1v) is 8.32. The zero-order valence-electron chi connectivity index (χ0n) is 13.7. The summed E-state index contributed by atoms with van der Waals surface area (Å²) in [5.41, 5.74) is 6.05. The van der Waals surface area contributed by atoms with Gasteiger partial charge < -0.3 is 20.6 Å². The Labute approximate surface area is 144 Å². The Morgan fingerprint density at radius 2 is 2.00 bits per heavy atom. The highest BCUT2D eigenvalue weighted by Crippen LogP contribution is 2.28. The molecule has 7 heteroatoms. The first-order chi connectivity index (χ1) is 11.9. The minimum absolute atomic E-state index is 0.0350. The number of amidine groups is 1. The summed E-state index contributed by atoms with van der Waals surface area (Å²) in [6, 6.07) is 5.17. The average Bonchev–Trinajstić information content (AvgIpc) is 2.99. The minimum Gasteiger partial charge on any atom is -0.481 e.